The van der Waals surface area contributed by atoms with Crippen LogP contribution in [0.1, 0.15) is 9.75 Å². The minimum atomic E-state index is -3.68. The molecule has 2 rings (SSSR count). The minimum Gasteiger partial charge on any atom is -0.481 e. The van der Waals surface area contributed by atoms with Crippen molar-refractivity contribution in [2.75, 3.05) is 5.32 Å². The molecule has 0 bridgehead atoms. The van der Waals surface area contributed by atoms with Crippen LogP contribution in [-0.2, 0) is 27.8 Å². The molecule has 0 fully saturated rings. The van der Waals surface area contributed by atoms with Gasteiger partial charge in [-0.25, -0.2) is 13.6 Å². The molecular formula is C13H14N2O4S2. The van der Waals surface area contributed by atoms with Crippen molar-refractivity contribution < 1.29 is 18.3 Å². The van der Waals surface area contributed by atoms with Crippen LogP contribution in [0.4, 0.5) is 5.69 Å². The van der Waals surface area contributed by atoms with E-state index in [0.29, 0.717) is 6.54 Å². The maximum absolute atomic E-state index is 11.1. The second-order valence-electron chi connectivity index (χ2n) is 4.36. The SMILES string of the molecule is NS(=O)(=O)c1ccc(NCc2ccc(CC(=O)O)s2)cc1. The van der Waals surface area contributed by atoms with Gasteiger partial charge in [0.2, 0.25) is 10.0 Å². The van der Waals surface area contributed by atoms with Crippen molar-refractivity contribution in [1.82, 2.24) is 0 Å². The Labute approximate surface area is 126 Å². The van der Waals surface area contributed by atoms with E-state index in [1.54, 1.807) is 18.2 Å². The zero-order valence-corrected chi connectivity index (χ0v) is 12.6. The van der Waals surface area contributed by atoms with E-state index in [1.807, 2.05) is 6.07 Å². The van der Waals surface area contributed by atoms with E-state index in [1.165, 1.54) is 23.5 Å². The third-order valence-electron chi connectivity index (χ3n) is 2.69. The molecule has 0 atom stereocenters. The molecule has 21 heavy (non-hydrogen) atoms. The summed E-state index contributed by atoms with van der Waals surface area (Å²) < 4.78 is 22.3. The molecule has 0 radical (unpaired) electrons. The standard InChI is InChI=1S/C13H14N2O4S2/c14-21(18,19)12-5-1-9(2-6-12)15-8-11-4-3-10(20-11)7-13(16)17/h1-6,15H,7-8H2,(H,16,17)(H2,14,18,19). The van der Waals surface area contributed by atoms with Crippen LogP contribution < -0.4 is 10.5 Å². The van der Waals surface area contributed by atoms with E-state index < -0.39 is 16.0 Å². The summed E-state index contributed by atoms with van der Waals surface area (Å²) >= 11 is 1.43. The molecule has 0 amide bonds. The van der Waals surface area contributed by atoms with Crippen LogP contribution in [0.25, 0.3) is 0 Å². The molecule has 0 saturated carbocycles. The number of sulfonamides is 1. The van der Waals surface area contributed by atoms with E-state index in [4.69, 9.17) is 10.2 Å². The summed E-state index contributed by atoms with van der Waals surface area (Å²) in [5.41, 5.74) is 0.760. The summed E-state index contributed by atoms with van der Waals surface area (Å²) in [6, 6.07) is 9.79. The average Bonchev–Trinajstić information content (AvgIpc) is 2.82. The van der Waals surface area contributed by atoms with Gasteiger partial charge < -0.3 is 10.4 Å². The van der Waals surface area contributed by atoms with E-state index >= 15 is 0 Å². The minimum absolute atomic E-state index is 0.0216. The zero-order chi connectivity index (χ0) is 15.5. The van der Waals surface area contributed by atoms with Gasteiger partial charge in [-0.15, -0.1) is 11.3 Å². The highest BCUT2D eigenvalue weighted by atomic mass is 32.2. The summed E-state index contributed by atoms with van der Waals surface area (Å²) in [6.45, 7) is 0.541. The molecule has 112 valence electrons. The first-order valence-corrected chi connectivity index (χ1v) is 8.37. The number of nitrogens with one attached hydrogen (secondary N) is 1. The van der Waals surface area contributed by atoms with E-state index in [9.17, 15) is 13.2 Å². The highest BCUT2D eigenvalue weighted by Gasteiger charge is 2.07. The Morgan fingerprint density at radius 1 is 1.14 bits per heavy atom. The monoisotopic (exact) mass is 326 g/mol. The Balaban J connectivity index is 1.97. The number of anilines is 1. The predicted octanol–water partition coefficient (Wildman–Crippen LogP) is 1.63. The lowest BCUT2D eigenvalue weighted by Gasteiger charge is -2.05. The van der Waals surface area contributed by atoms with Crippen LogP contribution in [0.5, 0.6) is 0 Å². The van der Waals surface area contributed by atoms with Crippen molar-refractivity contribution in [3.63, 3.8) is 0 Å². The van der Waals surface area contributed by atoms with Crippen molar-refractivity contribution in [3.8, 4) is 0 Å². The molecule has 0 aliphatic carbocycles. The van der Waals surface area contributed by atoms with Crippen molar-refractivity contribution in [1.29, 1.82) is 0 Å². The molecule has 4 N–H and O–H groups in total. The van der Waals surface area contributed by atoms with Gasteiger partial charge >= 0.3 is 5.97 Å². The van der Waals surface area contributed by atoms with E-state index in [2.05, 4.69) is 5.32 Å². The number of thiophene rings is 1. The molecule has 0 aliphatic heterocycles. The molecule has 0 aliphatic rings. The number of primary sulfonamides is 1. The van der Waals surface area contributed by atoms with Crippen molar-refractivity contribution in [2.45, 2.75) is 17.9 Å². The van der Waals surface area contributed by atoms with Gasteiger partial charge in [0, 0.05) is 22.0 Å². The summed E-state index contributed by atoms with van der Waals surface area (Å²) in [6.07, 6.45) is 0.0216. The third kappa shape index (κ3) is 4.55. The van der Waals surface area contributed by atoms with Crippen molar-refractivity contribution in [2.24, 2.45) is 5.14 Å². The fraction of sp³-hybridized carbons (Fsp3) is 0.154. The first-order valence-electron chi connectivity index (χ1n) is 6.01. The number of hydrogen-bond acceptors (Lipinski definition) is 5. The summed E-state index contributed by atoms with van der Waals surface area (Å²) in [4.78, 5) is 12.5. The van der Waals surface area contributed by atoms with Crippen LogP contribution >= 0.6 is 11.3 Å². The molecule has 6 nitrogen and oxygen atoms in total. The number of benzene rings is 1. The lowest BCUT2D eigenvalue weighted by Crippen LogP contribution is -2.11. The molecule has 0 saturated heterocycles. The van der Waals surface area contributed by atoms with Crippen LogP contribution in [0.2, 0.25) is 0 Å². The van der Waals surface area contributed by atoms with Crippen molar-refractivity contribution in [3.05, 3.63) is 46.2 Å². The zero-order valence-electron chi connectivity index (χ0n) is 10.9. The molecule has 1 heterocycles. The molecule has 1 aromatic carbocycles. The Morgan fingerprint density at radius 2 is 1.76 bits per heavy atom. The van der Waals surface area contributed by atoms with Gasteiger partial charge in [-0.3, -0.25) is 4.79 Å². The summed E-state index contributed by atoms with van der Waals surface area (Å²) in [5.74, 6) is -0.852. The summed E-state index contributed by atoms with van der Waals surface area (Å²) in [7, 11) is -3.68. The lowest BCUT2D eigenvalue weighted by atomic mass is 10.3. The number of hydrogen-bond donors (Lipinski definition) is 3. The fourth-order valence-corrected chi connectivity index (χ4v) is 3.18. The largest absolute Gasteiger partial charge is 0.481 e. The second-order valence-corrected chi connectivity index (χ2v) is 7.18. The number of aliphatic carboxylic acids is 1. The van der Waals surface area contributed by atoms with Crippen molar-refractivity contribution >= 4 is 33.0 Å². The molecule has 1 aromatic heterocycles. The first-order chi connectivity index (χ1) is 9.84. The van der Waals surface area contributed by atoms with Gasteiger partial charge in [-0.1, -0.05) is 0 Å². The first kappa shape index (κ1) is 15.5. The number of nitrogens with two attached hydrogens (primary N) is 1. The Kier molecular flexibility index (Phi) is 4.61. The predicted molar refractivity (Wildman–Crippen MR) is 80.8 cm³/mol. The topological polar surface area (TPSA) is 109 Å². The fourth-order valence-electron chi connectivity index (χ4n) is 1.71. The quantitative estimate of drug-likeness (QED) is 0.747. The number of carboxylic acids is 1. The highest BCUT2D eigenvalue weighted by Crippen LogP contribution is 2.19. The van der Waals surface area contributed by atoms with Gasteiger partial charge in [-0.2, -0.15) is 0 Å². The second kappa shape index (κ2) is 6.25. The van der Waals surface area contributed by atoms with Gasteiger partial charge in [0.1, 0.15) is 0 Å². The Hall–Kier alpha value is -1.90. The normalized spacial score (nSPS) is 11.3. The van der Waals surface area contributed by atoms with Gasteiger partial charge in [-0.05, 0) is 36.4 Å². The van der Waals surface area contributed by atoms with Crippen LogP contribution in [0, 0.1) is 0 Å². The van der Waals surface area contributed by atoms with Crippen LogP contribution in [-0.4, -0.2) is 19.5 Å². The Bertz CT molecular complexity index is 736. The number of carbonyl (C=O) groups is 1. The molecule has 2 aromatic rings. The number of carboxylic acid groups (broad SMARTS) is 1. The smallest absolute Gasteiger partial charge is 0.308 e. The third-order valence-corrected chi connectivity index (χ3v) is 4.71. The van der Waals surface area contributed by atoms with Crippen LogP contribution in [0.3, 0.4) is 0 Å². The van der Waals surface area contributed by atoms with Gasteiger partial charge in [0.15, 0.2) is 0 Å². The number of rotatable bonds is 6. The Morgan fingerprint density at radius 3 is 2.33 bits per heavy atom. The molecular weight excluding hydrogens is 312 g/mol. The maximum atomic E-state index is 11.1. The van der Waals surface area contributed by atoms with Gasteiger partial charge in [0.05, 0.1) is 11.3 Å². The maximum Gasteiger partial charge on any atom is 0.308 e. The average molecular weight is 326 g/mol. The molecule has 8 heteroatoms. The van der Waals surface area contributed by atoms with E-state index in [-0.39, 0.29) is 11.3 Å². The highest BCUT2D eigenvalue weighted by molar-refractivity contribution is 7.89. The van der Waals surface area contributed by atoms with Crippen LogP contribution in [0.15, 0.2) is 41.3 Å². The summed E-state index contributed by atoms with van der Waals surface area (Å²) in [5, 5.41) is 16.9. The molecule has 0 spiro atoms. The van der Waals surface area contributed by atoms with Gasteiger partial charge in [0.25, 0.3) is 0 Å². The molecule has 0 unspecified atom stereocenters. The lowest BCUT2D eigenvalue weighted by molar-refractivity contribution is -0.136. The van der Waals surface area contributed by atoms with E-state index in [0.717, 1.165) is 15.4 Å².